The summed E-state index contributed by atoms with van der Waals surface area (Å²) < 4.78 is 22.8. The average Bonchev–Trinajstić information content (AvgIpc) is 2.46. The van der Waals surface area contributed by atoms with Gasteiger partial charge in [0.15, 0.2) is 15.7 Å². The van der Waals surface area contributed by atoms with Gasteiger partial charge in [0.25, 0.3) is 5.69 Å². The first-order valence-corrected chi connectivity index (χ1v) is 7.74. The van der Waals surface area contributed by atoms with Crippen LogP contribution in [0.1, 0.15) is 5.56 Å². The maximum absolute atomic E-state index is 11.4. The number of sulfone groups is 1. The fourth-order valence-corrected chi connectivity index (χ4v) is 3.17. The normalized spacial score (nSPS) is 18.5. The second-order valence-electron chi connectivity index (χ2n) is 4.45. The zero-order valence-corrected chi connectivity index (χ0v) is 11.7. The maximum Gasteiger partial charge on any atom is 0.288 e. The minimum Gasteiger partial charge on any atom is -0.409 e. The van der Waals surface area contributed by atoms with Gasteiger partial charge in [0.1, 0.15) is 12.0 Å². The van der Waals surface area contributed by atoms with Crippen LogP contribution in [0.2, 0.25) is 0 Å². The summed E-state index contributed by atoms with van der Waals surface area (Å²) in [5, 5.41) is 22.4. The summed E-state index contributed by atoms with van der Waals surface area (Å²) in [5.74, 6) is -0.150. The highest BCUT2D eigenvalue weighted by Crippen LogP contribution is 2.23. The van der Waals surface area contributed by atoms with Crippen LogP contribution < -0.4 is 10.6 Å². The summed E-state index contributed by atoms with van der Waals surface area (Å²) in [6, 6.07) is 1.14. The van der Waals surface area contributed by atoms with Gasteiger partial charge in [-0.2, -0.15) is 0 Å². The van der Waals surface area contributed by atoms with Crippen molar-refractivity contribution in [2.45, 2.75) is 0 Å². The maximum atomic E-state index is 11.4. The lowest BCUT2D eigenvalue weighted by Crippen LogP contribution is -2.41. The lowest BCUT2D eigenvalue weighted by Gasteiger charge is -2.28. The van der Waals surface area contributed by atoms with E-state index in [0.717, 1.165) is 12.3 Å². The van der Waals surface area contributed by atoms with Crippen LogP contribution in [0.25, 0.3) is 0 Å². The van der Waals surface area contributed by atoms with Gasteiger partial charge in [-0.25, -0.2) is 13.4 Å². The van der Waals surface area contributed by atoms with Crippen LogP contribution in [0.5, 0.6) is 0 Å². The fraction of sp³-hybridized carbons (Fsp3) is 0.400. The van der Waals surface area contributed by atoms with Crippen molar-refractivity contribution in [2.75, 3.05) is 29.5 Å². The number of anilines is 1. The summed E-state index contributed by atoms with van der Waals surface area (Å²) in [5.41, 5.74) is 5.30. The second-order valence-corrected chi connectivity index (χ2v) is 6.75. The van der Waals surface area contributed by atoms with E-state index >= 15 is 0 Å². The Morgan fingerprint density at radius 3 is 2.62 bits per heavy atom. The minimum absolute atomic E-state index is 0.0404. The standard InChI is InChI=1S/C10H13N5O5S/c11-9(13-16)8-5-7(15(17)18)6-12-10(8)14-1-3-21(19,20)4-2-14/h5-6,16H,1-4H2,(H2,11,13). The topological polar surface area (TPSA) is 152 Å². The van der Waals surface area contributed by atoms with Gasteiger partial charge >= 0.3 is 0 Å². The minimum atomic E-state index is -3.07. The largest absolute Gasteiger partial charge is 0.409 e. The van der Waals surface area contributed by atoms with Crippen LogP contribution in [-0.2, 0) is 9.84 Å². The molecular formula is C10H13N5O5S. The number of nitrogens with two attached hydrogens (primary N) is 1. The first-order valence-electron chi connectivity index (χ1n) is 5.92. The number of aromatic nitrogens is 1. The molecule has 2 heterocycles. The smallest absolute Gasteiger partial charge is 0.288 e. The summed E-state index contributed by atoms with van der Waals surface area (Å²) in [7, 11) is -3.07. The molecule has 0 amide bonds. The molecular weight excluding hydrogens is 302 g/mol. The molecule has 11 heteroatoms. The molecule has 0 unspecified atom stereocenters. The first-order chi connectivity index (χ1) is 9.84. The molecule has 114 valence electrons. The summed E-state index contributed by atoms with van der Waals surface area (Å²) in [6.45, 7) is 0.387. The molecule has 0 spiro atoms. The van der Waals surface area contributed by atoms with Crippen LogP contribution in [0, 0.1) is 10.1 Å². The Morgan fingerprint density at radius 1 is 1.48 bits per heavy atom. The third-order valence-corrected chi connectivity index (χ3v) is 4.70. The molecule has 0 bridgehead atoms. The Morgan fingerprint density at radius 2 is 2.10 bits per heavy atom. The molecule has 1 fully saturated rings. The van der Waals surface area contributed by atoms with Gasteiger partial charge in [-0.3, -0.25) is 10.1 Å². The number of oxime groups is 1. The van der Waals surface area contributed by atoms with Crippen LogP contribution in [0.3, 0.4) is 0 Å². The van der Waals surface area contributed by atoms with Crippen molar-refractivity contribution >= 4 is 27.2 Å². The van der Waals surface area contributed by atoms with Crippen molar-refractivity contribution in [1.82, 2.24) is 4.98 Å². The molecule has 1 aromatic rings. The van der Waals surface area contributed by atoms with Gasteiger partial charge < -0.3 is 15.8 Å². The molecule has 0 atom stereocenters. The van der Waals surface area contributed by atoms with Crippen LogP contribution in [0.15, 0.2) is 17.4 Å². The molecule has 2 rings (SSSR count). The van der Waals surface area contributed by atoms with Gasteiger partial charge in [-0.05, 0) is 0 Å². The number of nitrogens with zero attached hydrogens (tertiary/aromatic N) is 4. The molecule has 1 aliphatic heterocycles. The van der Waals surface area contributed by atoms with E-state index in [1.807, 2.05) is 0 Å². The summed E-state index contributed by atoms with van der Waals surface area (Å²) in [4.78, 5) is 15.7. The number of nitro groups is 1. The van der Waals surface area contributed by atoms with Crippen molar-refractivity contribution in [3.05, 3.63) is 27.9 Å². The number of pyridine rings is 1. The fourth-order valence-electron chi connectivity index (χ4n) is 1.96. The Hall–Kier alpha value is -2.43. The first kappa shape index (κ1) is 15.0. The van der Waals surface area contributed by atoms with Gasteiger partial charge in [-0.15, -0.1) is 0 Å². The molecule has 0 radical (unpaired) electrons. The molecule has 0 aliphatic carbocycles. The quantitative estimate of drug-likeness (QED) is 0.244. The van der Waals surface area contributed by atoms with E-state index in [1.165, 1.54) is 0 Å². The highest BCUT2D eigenvalue weighted by Gasteiger charge is 2.26. The van der Waals surface area contributed by atoms with Gasteiger partial charge in [0.2, 0.25) is 0 Å². The molecule has 21 heavy (non-hydrogen) atoms. The molecule has 0 saturated carbocycles. The molecule has 10 nitrogen and oxygen atoms in total. The van der Waals surface area contributed by atoms with E-state index in [4.69, 9.17) is 10.9 Å². The van der Waals surface area contributed by atoms with Crippen molar-refractivity contribution < 1.29 is 18.5 Å². The van der Waals surface area contributed by atoms with Crippen LogP contribution in [-0.4, -0.2) is 54.0 Å². The Bertz CT molecular complexity index is 688. The third-order valence-electron chi connectivity index (χ3n) is 3.09. The second kappa shape index (κ2) is 5.52. The number of hydrogen-bond donors (Lipinski definition) is 2. The summed E-state index contributed by atoms with van der Waals surface area (Å²) >= 11 is 0. The molecule has 1 aromatic heterocycles. The van der Waals surface area contributed by atoms with Crippen molar-refractivity contribution in [3.8, 4) is 0 Å². The Kier molecular flexibility index (Phi) is 3.93. The lowest BCUT2D eigenvalue weighted by atomic mass is 10.2. The monoisotopic (exact) mass is 315 g/mol. The lowest BCUT2D eigenvalue weighted by molar-refractivity contribution is -0.385. The van der Waals surface area contributed by atoms with Crippen molar-refractivity contribution in [1.29, 1.82) is 0 Å². The van der Waals surface area contributed by atoms with E-state index in [2.05, 4.69) is 10.1 Å². The van der Waals surface area contributed by atoms with E-state index < -0.39 is 14.8 Å². The molecule has 0 aromatic carbocycles. The molecule has 1 aliphatic rings. The summed E-state index contributed by atoms with van der Waals surface area (Å²) in [6.07, 6.45) is 1.05. The predicted octanol–water partition coefficient (Wildman–Crippen LogP) is -0.681. The van der Waals surface area contributed by atoms with E-state index in [1.54, 1.807) is 4.90 Å². The van der Waals surface area contributed by atoms with Crippen LogP contribution >= 0.6 is 0 Å². The highest BCUT2D eigenvalue weighted by molar-refractivity contribution is 7.91. The number of amidine groups is 1. The zero-order valence-electron chi connectivity index (χ0n) is 10.8. The van der Waals surface area contributed by atoms with Crippen LogP contribution in [0.4, 0.5) is 11.5 Å². The predicted molar refractivity (Wildman–Crippen MR) is 74.3 cm³/mol. The van der Waals surface area contributed by atoms with Crippen molar-refractivity contribution in [3.63, 3.8) is 0 Å². The molecule has 1 saturated heterocycles. The average molecular weight is 315 g/mol. The van der Waals surface area contributed by atoms with Crippen molar-refractivity contribution in [2.24, 2.45) is 10.9 Å². The Balaban J connectivity index is 2.41. The highest BCUT2D eigenvalue weighted by atomic mass is 32.2. The van der Waals surface area contributed by atoms with E-state index in [9.17, 15) is 18.5 Å². The Labute approximate surface area is 119 Å². The van der Waals surface area contributed by atoms with E-state index in [-0.39, 0.29) is 47.5 Å². The molecule has 3 N–H and O–H groups in total. The number of hydrogen-bond acceptors (Lipinski definition) is 8. The number of rotatable bonds is 3. The van der Waals surface area contributed by atoms with E-state index in [0.29, 0.717) is 0 Å². The zero-order chi connectivity index (χ0) is 15.6. The van der Waals surface area contributed by atoms with Gasteiger partial charge in [-0.1, -0.05) is 5.16 Å². The SMILES string of the molecule is NC(=NO)c1cc([N+](=O)[O-])cnc1N1CCS(=O)(=O)CC1. The third kappa shape index (κ3) is 3.18. The van der Waals surface area contributed by atoms with Gasteiger partial charge in [0, 0.05) is 19.2 Å². The van der Waals surface area contributed by atoms with Gasteiger partial charge in [0.05, 0.1) is 22.0 Å².